The Bertz CT molecular complexity index is 1230. The zero-order valence-electron chi connectivity index (χ0n) is 16.3. The summed E-state index contributed by atoms with van der Waals surface area (Å²) in [6.07, 6.45) is -2.98. The van der Waals surface area contributed by atoms with Crippen LogP contribution in [0.3, 0.4) is 0 Å². The monoisotopic (exact) mass is 409 g/mol. The summed E-state index contributed by atoms with van der Waals surface area (Å²) in [5.74, 6) is -0.171. The van der Waals surface area contributed by atoms with Crippen molar-refractivity contribution in [1.29, 1.82) is 0 Å². The zero-order valence-corrected chi connectivity index (χ0v) is 16.3. The lowest BCUT2D eigenvalue weighted by Crippen LogP contribution is -2.22. The van der Waals surface area contributed by atoms with Crippen LogP contribution in [-0.4, -0.2) is 22.5 Å². The second-order valence-corrected chi connectivity index (χ2v) is 6.97. The maximum absolute atomic E-state index is 13.6. The fourth-order valence-electron chi connectivity index (χ4n) is 3.38. The van der Waals surface area contributed by atoms with E-state index in [-0.39, 0.29) is 11.4 Å². The number of rotatable bonds is 3. The fraction of sp³-hybridized carbons (Fsp3) is 0.130. The molecule has 0 aliphatic carbocycles. The largest absolute Gasteiger partial charge is 0.416 e. The van der Waals surface area contributed by atoms with Crippen LogP contribution in [0.25, 0.3) is 27.8 Å². The SMILES string of the molecule is CC(=O)N(C)c1cccc(-c2cc(C(F)(F)F)cc3ncn(-c4ccccc4)c23)c1. The molecule has 0 aliphatic heterocycles. The molecule has 0 bridgehead atoms. The number of benzene rings is 3. The van der Waals surface area contributed by atoms with E-state index in [1.807, 2.05) is 30.3 Å². The predicted octanol–water partition coefficient (Wildman–Crippen LogP) is 5.69. The summed E-state index contributed by atoms with van der Waals surface area (Å²) in [6.45, 7) is 1.43. The topological polar surface area (TPSA) is 38.1 Å². The number of para-hydroxylation sites is 1. The summed E-state index contributed by atoms with van der Waals surface area (Å²) in [7, 11) is 1.62. The van der Waals surface area contributed by atoms with Crippen LogP contribution in [0, 0.1) is 0 Å². The highest BCUT2D eigenvalue weighted by Gasteiger charge is 2.32. The molecule has 0 saturated heterocycles. The third-order valence-corrected chi connectivity index (χ3v) is 5.02. The molecule has 3 aromatic carbocycles. The first-order valence-electron chi connectivity index (χ1n) is 9.24. The first kappa shape index (κ1) is 19.7. The van der Waals surface area contributed by atoms with Gasteiger partial charge in [-0.15, -0.1) is 0 Å². The van der Waals surface area contributed by atoms with Gasteiger partial charge in [0.2, 0.25) is 5.91 Å². The van der Waals surface area contributed by atoms with E-state index in [0.29, 0.717) is 22.3 Å². The molecule has 7 heteroatoms. The van der Waals surface area contributed by atoms with Crippen LogP contribution >= 0.6 is 0 Å². The molecule has 1 heterocycles. The van der Waals surface area contributed by atoms with Crippen LogP contribution < -0.4 is 4.90 Å². The highest BCUT2D eigenvalue weighted by molar-refractivity contribution is 5.96. The number of nitrogens with zero attached hydrogens (tertiary/aromatic N) is 3. The van der Waals surface area contributed by atoms with E-state index in [0.717, 1.165) is 17.8 Å². The second-order valence-electron chi connectivity index (χ2n) is 6.97. The van der Waals surface area contributed by atoms with E-state index >= 15 is 0 Å². The van der Waals surface area contributed by atoms with Gasteiger partial charge >= 0.3 is 6.18 Å². The van der Waals surface area contributed by atoms with Crippen LogP contribution in [0.5, 0.6) is 0 Å². The Labute approximate surface area is 171 Å². The molecular formula is C23H18F3N3O. The van der Waals surface area contributed by atoms with Gasteiger partial charge in [0.1, 0.15) is 6.33 Å². The molecule has 1 aromatic heterocycles. The number of imidazole rings is 1. The maximum atomic E-state index is 13.6. The third-order valence-electron chi connectivity index (χ3n) is 5.02. The van der Waals surface area contributed by atoms with Gasteiger partial charge in [-0.3, -0.25) is 9.36 Å². The standard InChI is InChI=1S/C23H18F3N3O/c1-15(30)28(2)19-10-6-7-16(11-19)20-12-17(23(24,25)26)13-21-22(20)29(14-27-21)18-8-4-3-5-9-18/h3-14H,1-2H3. The first-order valence-corrected chi connectivity index (χ1v) is 9.24. The molecule has 0 N–H and O–H groups in total. The Morgan fingerprint density at radius 3 is 2.40 bits per heavy atom. The number of hydrogen-bond acceptors (Lipinski definition) is 2. The van der Waals surface area contributed by atoms with Crippen LogP contribution in [0.2, 0.25) is 0 Å². The molecule has 0 atom stereocenters. The number of anilines is 1. The lowest BCUT2D eigenvalue weighted by atomic mass is 9.99. The minimum absolute atomic E-state index is 0.171. The minimum atomic E-state index is -4.51. The van der Waals surface area contributed by atoms with Crippen LogP contribution in [0.4, 0.5) is 18.9 Å². The number of carbonyl (C=O) groups excluding carboxylic acids is 1. The smallest absolute Gasteiger partial charge is 0.316 e. The van der Waals surface area contributed by atoms with Crippen molar-refractivity contribution in [3.8, 4) is 16.8 Å². The Morgan fingerprint density at radius 2 is 1.73 bits per heavy atom. The average Bonchev–Trinajstić information content (AvgIpc) is 3.16. The molecule has 0 fully saturated rings. The molecule has 1 amide bonds. The molecule has 0 radical (unpaired) electrons. The summed E-state index contributed by atoms with van der Waals surface area (Å²) in [4.78, 5) is 17.4. The van der Waals surface area contributed by atoms with Crippen LogP contribution in [-0.2, 0) is 11.0 Å². The maximum Gasteiger partial charge on any atom is 0.416 e. The van der Waals surface area contributed by atoms with E-state index < -0.39 is 11.7 Å². The van der Waals surface area contributed by atoms with E-state index in [1.54, 1.807) is 35.9 Å². The molecule has 4 aromatic rings. The summed E-state index contributed by atoms with van der Waals surface area (Å²) < 4.78 is 42.5. The van der Waals surface area contributed by atoms with Gasteiger partial charge < -0.3 is 4.90 Å². The Hall–Kier alpha value is -3.61. The zero-order chi connectivity index (χ0) is 21.5. The second kappa shape index (κ2) is 7.33. The Kier molecular flexibility index (Phi) is 4.81. The van der Waals surface area contributed by atoms with Crippen molar-refractivity contribution in [2.24, 2.45) is 0 Å². The molecule has 0 aliphatic rings. The Morgan fingerprint density at radius 1 is 1.00 bits per heavy atom. The summed E-state index contributed by atoms with van der Waals surface area (Å²) in [5, 5.41) is 0. The fourth-order valence-corrected chi connectivity index (χ4v) is 3.38. The van der Waals surface area contributed by atoms with E-state index in [1.165, 1.54) is 18.2 Å². The molecule has 0 unspecified atom stereocenters. The van der Waals surface area contributed by atoms with Crippen molar-refractivity contribution in [2.75, 3.05) is 11.9 Å². The van der Waals surface area contributed by atoms with Gasteiger partial charge in [-0.2, -0.15) is 13.2 Å². The number of alkyl halides is 3. The van der Waals surface area contributed by atoms with Crippen molar-refractivity contribution in [3.05, 3.63) is 78.6 Å². The van der Waals surface area contributed by atoms with Crippen molar-refractivity contribution in [3.63, 3.8) is 0 Å². The summed E-state index contributed by atoms with van der Waals surface area (Å²) in [5.41, 5.74) is 2.38. The number of aromatic nitrogens is 2. The van der Waals surface area contributed by atoms with Crippen molar-refractivity contribution >= 4 is 22.6 Å². The summed E-state index contributed by atoms with van der Waals surface area (Å²) in [6, 6.07) is 18.4. The number of hydrogen-bond donors (Lipinski definition) is 0. The van der Waals surface area contributed by atoms with E-state index in [9.17, 15) is 18.0 Å². The van der Waals surface area contributed by atoms with Gasteiger partial charge in [0.25, 0.3) is 0 Å². The molecular weight excluding hydrogens is 391 g/mol. The molecule has 30 heavy (non-hydrogen) atoms. The highest BCUT2D eigenvalue weighted by atomic mass is 19.4. The number of halogens is 3. The van der Waals surface area contributed by atoms with Crippen molar-refractivity contribution < 1.29 is 18.0 Å². The molecule has 0 spiro atoms. The van der Waals surface area contributed by atoms with E-state index in [2.05, 4.69) is 4.98 Å². The van der Waals surface area contributed by atoms with Crippen LogP contribution in [0.15, 0.2) is 73.1 Å². The molecule has 4 rings (SSSR count). The normalized spacial score (nSPS) is 11.6. The van der Waals surface area contributed by atoms with Crippen molar-refractivity contribution in [1.82, 2.24) is 9.55 Å². The molecule has 0 saturated carbocycles. The number of carbonyl (C=O) groups is 1. The average molecular weight is 409 g/mol. The highest BCUT2D eigenvalue weighted by Crippen LogP contribution is 2.38. The van der Waals surface area contributed by atoms with Crippen LogP contribution in [0.1, 0.15) is 12.5 Å². The summed E-state index contributed by atoms with van der Waals surface area (Å²) >= 11 is 0. The third kappa shape index (κ3) is 3.54. The molecule has 4 nitrogen and oxygen atoms in total. The number of amides is 1. The van der Waals surface area contributed by atoms with Gasteiger partial charge in [0.15, 0.2) is 0 Å². The number of fused-ring (bicyclic) bond motifs is 1. The minimum Gasteiger partial charge on any atom is -0.316 e. The van der Waals surface area contributed by atoms with Gasteiger partial charge in [-0.1, -0.05) is 30.3 Å². The van der Waals surface area contributed by atoms with Gasteiger partial charge in [0.05, 0.1) is 16.6 Å². The Balaban J connectivity index is 2.01. The lowest BCUT2D eigenvalue weighted by Gasteiger charge is -2.17. The molecule has 152 valence electrons. The first-order chi connectivity index (χ1) is 14.3. The van der Waals surface area contributed by atoms with Gasteiger partial charge in [-0.05, 0) is 42.0 Å². The van der Waals surface area contributed by atoms with E-state index in [4.69, 9.17) is 0 Å². The van der Waals surface area contributed by atoms with Gasteiger partial charge in [-0.25, -0.2) is 4.98 Å². The van der Waals surface area contributed by atoms with Crippen molar-refractivity contribution in [2.45, 2.75) is 13.1 Å². The quantitative estimate of drug-likeness (QED) is 0.436. The predicted molar refractivity (Wildman–Crippen MR) is 111 cm³/mol. The lowest BCUT2D eigenvalue weighted by molar-refractivity contribution is -0.137. The van der Waals surface area contributed by atoms with Gasteiger partial charge in [0, 0.05) is 30.9 Å².